The molecule has 3 aromatic rings. The van der Waals surface area contributed by atoms with Gasteiger partial charge in [-0.25, -0.2) is 4.98 Å². The van der Waals surface area contributed by atoms with Crippen LogP contribution >= 0.6 is 0 Å². The molecule has 1 fully saturated rings. The molecule has 9 nitrogen and oxygen atoms in total. The first-order valence-electron chi connectivity index (χ1n) is 9.67. The van der Waals surface area contributed by atoms with Gasteiger partial charge < -0.3 is 20.1 Å². The van der Waals surface area contributed by atoms with E-state index in [1.54, 1.807) is 24.3 Å². The zero-order valence-electron chi connectivity index (χ0n) is 16.5. The molecule has 1 aliphatic rings. The van der Waals surface area contributed by atoms with Crippen molar-refractivity contribution in [3.63, 3.8) is 0 Å². The van der Waals surface area contributed by atoms with E-state index < -0.39 is 4.92 Å². The highest BCUT2D eigenvalue weighted by molar-refractivity contribution is 5.78. The molecule has 158 valence electrons. The Morgan fingerprint density at radius 2 is 1.84 bits per heavy atom. The second-order valence-corrected chi connectivity index (χ2v) is 7.01. The van der Waals surface area contributed by atoms with Crippen molar-refractivity contribution in [3.8, 4) is 11.5 Å². The molecule has 0 saturated carbocycles. The fourth-order valence-corrected chi connectivity index (χ4v) is 3.21. The number of hydrogen-bond donors (Lipinski definition) is 2. The standard InChI is InChI=1S/C22H20N4O5/c27-21-14-30-13-17(24-21)12-15-3-7-18(8-4-15)31-19-9-5-16(6-10-19)25-22-20(26(28)29)2-1-11-23-22/h1-11,17H,12-14H2,(H,23,25)(H,24,27). The Morgan fingerprint density at radius 1 is 1.13 bits per heavy atom. The first kappa shape index (κ1) is 20.3. The smallest absolute Gasteiger partial charge is 0.311 e. The molecule has 31 heavy (non-hydrogen) atoms. The van der Waals surface area contributed by atoms with Gasteiger partial charge in [0.05, 0.1) is 17.6 Å². The van der Waals surface area contributed by atoms with Gasteiger partial charge in [-0.05, 0) is 54.4 Å². The van der Waals surface area contributed by atoms with Gasteiger partial charge in [0, 0.05) is 18.0 Å². The van der Waals surface area contributed by atoms with Gasteiger partial charge >= 0.3 is 5.69 Å². The van der Waals surface area contributed by atoms with Gasteiger partial charge in [-0.1, -0.05) is 12.1 Å². The highest BCUT2D eigenvalue weighted by Gasteiger charge is 2.18. The van der Waals surface area contributed by atoms with Crippen LogP contribution in [0, 0.1) is 10.1 Å². The number of morpholine rings is 1. The zero-order valence-corrected chi connectivity index (χ0v) is 16.5. The third-order valence-electron chi connectivity index (χ3n) is 4.66. The molecule has 1 unspecified atom stereocenters. The van der Waals surface area contributed by atoms with E-state index in [0.29, 0.717) is 30.2 Å². The molecule has 0 bridgehead atoms. The Bertz CT molecular complexity index is 1070. The molecule has 2 heterocycles. The summed E-state index contributed by atoms with van der Waals surface area (Å²) >= 11 is 0. The second kappa shape index (κ2) is 9.23. The van der Waals surface area contributed by atoms with Crippen molar-refractivity contribution in [2.75, 3.05) is 18.5 Å². The van der Waals surface area contributed by atoms with Gasteiger partial charge in [0.2, 0.25) is 11.7 Å². The van der Waals surface area contributed by atoms with E-state index in [1.165, 1.54) is 18.3 Å². The monoisotopic (exact) mass is 420 g/mol. The molecule has 4 rings (SSSR count). The predicted molar refractivity (Wildman–Crippen MR) is 114 cm³/mol. The molecule has 1 amide bonds. The summed E-state index contributed by atoms with van der Waals surface area (Å²) in [4.78, 5) is 26.0. The van der Waals surface area contributed by atoms with Crippen LogP contribution in [0.4, 0.5) is 17.2 Å². The minimum atomic E-state index is -0.480. The lowest BCUT2D eigenvalue weighted by molar-refractivity contribution is -0.384. The average molecular weight is 420 g/mol. The fraction of sp³-hybridized carbons (Fsp3) is 0.182. The average Bonchev–Trinajstić information content (AvgIpc) is 2.77. The maximum atomic E-state index is 11.4. The SMILES string of the molecule is O=C1COCC(Cc2ccc(Oc3ccc(Nc4ncccc4[N+](=O)[O-])cc3)cc2)N1. The topological polar surface area (TPSA) is 116 Å². The molecule has 0 spiro atoms. The summed E-state index contributed by atoms with van der Waals surface area (Å²) in [6.45, 7) is 0.627. The van der Waals surface area contributed by atoms with E-state index in [4.69, 9.17) is 9.47 Å². The van der Waals surface area contributed by atoms with E-state index >= 15 is 0 Å². The molecule has 1 saturated heterocycles. The maximum Gasteiger partial charge on any atom is 0.311 e. The minimum absolute atomic E-state index is 0.0250. The molecular weight excluding hydrogens is 400 g/mol. The normalized spacial score (nSPS) is 15.7. The van der Waals surface area contributed by atoms with Gasteiger partial charge in [-0.15, -0.1) is 0 Å². The minimum Gasteiger partial charge on any atom is -0.457 e. The van der Waals surface area contributed by atoms with E-state index in [2.05, 4.69) is 15.6 Å². The summed E-state index contributed by atoms with van der Waals surface area (Å²) < 4.78 is 11.1. The third kappa shape index (κ3) is 5.34. The number of pyridine rings is 1. The van der Waals surface area contributed by atoms with Crippen molar-refractivity contribution in [2.24, 2.45) is 0 Å². The van der Waals surface area contributed by atoms with Crippen molar-refractivity contribution < 1.29 is 19.2 Å². The second-order valence-electron chi connectivity index (χ2n) is 7.01. The summed E-state index contributed by atoms with van der Waals surface area (Å²) in [5, 5.41) is 17.0. The Labute approximate surface area is 178 Å². The number of carbonyl (C=O) groups excluding carboxylic acids is 1. The Hall–Kier alpha value is -3.98. The van der Waals surface area contributed by atoms with Crippen LogP contribution in [0.1, 0.15) is 5.56 Å². The Kier molecular flexibility index (Phi) is 6.04. The molecule has 1 atom stereocenters. The lowest BCUT2D eigenvalue weighted by Crippen LogP contribution is -2.46. The van der Waals surface area contributed by atoms with Gasteiger partial charge in [-0.2, -0.15) is 0 Å². The van der Waals surface area contributed by atoms with Crippen molar-refractivity contribution in [1.82, 2.24) is 10.3 Å². The van der Waals surface area contributed by atoms with Crippen molar-refractivity contribution in [2.45, 2.75) is 12.5 Å². The summed E-state index contributed by atoms with van der Waals surface area (Å²) in [6, 6.07) is 17.6. The largest absolute Gasteiger partial charge is 0.457 e. The summed E-state index contributed by atoms with van der Waals surface area (Å²) in [5.74, 6) is 1.39. The van der Waals surface area contributed by atoms with Crippen LogP contribution in [0.15, 0.2) is 66.9 Å². The zero-order chi connectivity index (χ0) is 21.6. The quantitative estimate of drug-likeness (QED) is 0.443. The van der Waals surface area contributed by atoms with E-state index in [0.717, 1.165) is 5.56 Å². The summed E-state index contributed by atoms with van der Waals surface area (Å²) in [7, 11) is 0. The number of carbonyl (C=O) groups is 1. The molecule has 1 aromatic heterocycles. The van der Waals surface area contributed by atoms with Crippen LogP contribution in [0.3, 0.4) is 0 Å². The van der Waals surface area contributed by atoms with Gasteiger partial charge in [0.15, 0.2) is 0 Å². The summed E-state index contributed by atoms with van der Waals surface area (Å²) in [6.07, 6.45) is 2.18. The predicted octanol–water partition coefficient (Wildman–Crippen LogP) is 3.58. The maximum absolute atomic E-state index is 11.4. The fourth-order valence-electron chi connectivity index (χ4n) is 3.21. The number of amides is 1. The molecule has 2 aromatic carbocycles. The van der Waals surface area contributed by atoms with Crippen molar-refractivity contribution in [3.05, 3.63) is 82.5 Å². The molecule has 1 aliphatic heterocycles. The van der Waals surface area contributed by atoms with Gasteiger partial charge in [0.25, 0.3) is 0 Å². The van der Waals surface area contributed by atoms with E-state index in [-0.39, 0.29) is 30.1 Å². The number of ether oxygens (including phenoxy) is 2. The highest BCUT2D eigenvalue weighted by Crippen LogP contribution is 2.27. The van der Waals surface area contributed by atoms with Crippen molar-refractivity contribution in [1.29, 1.82) is 0 Å². The number of nitro groups is 1. The number of rotatable bonds is 7. The Balaban J connectivity index is 1.36. The van der Waals surface area contributed by atoms with E-state index in [9.17, 15) is 14.9 Å². The molecular formula is C22H20N4O5. The number of hydrogen-bond acceptors (Lipinski definition) is 7. The van der Waals surface area contributed by atoms with Crippen LogP contribution in [-0.4, -0.2) is 35.1 Å². The molecule has 0 aliphatic carbocycles. The van der Waals surface area contributed by atoms with Crippen LogP contribution in [0.25, 0.3) is 0 Å². The lowest BCUT2D eigenvalue weighted by atomic mass is 10.1. The number of aromatic nitrogens is 1. The van der Waals surface area contributed by atoms with Crippen LogP contribution < -0.4 is 15.4 Å². The molecule has 2 N–H and O–H groups in total. The molecule has 0 radical (unpaired) electrons. The van der Waals surface area contributed by atoms with Crippen LogP contribution in [0.2, 0.25) is 0 Å². The summed E-state index contributed by atoms with van der Waals surface area (Å²) in [5.41, 5.74) is 1.63. The highest BCUT2D eigenvalue weighted by atomic mass is 16.6. The number of benzene rings is 2. The molecule has 9 heteroatoms. The first-order chi connectivity index (χ1) is 15.1. The Morgan fingerprint density at radius 3 is 2.52 bits per heavy atom. The van der Waals surface area contributed by atoms with Crippen LogP contribution in [-0.2, 0) is 16.0 Å². The number of nitrogens with one attached hydrogen (secondary N) is 2. The van der Waals surface area contributed by atoms with Gasteiger partial charge in [0.1, 0.15) is 18.1 Å². The van der Waals surface area contributed by atoms with Crippen LogP contribution in [0.5, 0.6) is 11.5 Å². The number of nitrogens with zero attached hydrogens (tertiary/aromatic N) is 2. The third-order valence-corrected chi connectivity index (χ3v) is 4.66. The van der Waals surface area contributed by atoms with Gasteiger partial charge in [-0.3, -0.25) is 14.9 Å². The van der Waals surface area contributed by atoms with E-state index in [1.807, 2.05) is 24.3 Å². The number of anilines is 2. The van der Waals surface area contributed by atoms with Crippen molar-refractivity contribution >= 4 is 23.1 Å². The first-order valence-corrected chi connectivity index (χ1v) is 9.67. The lowest BCUT2D eigenvalue weighted by Gasteiger charge is -2.23.